The Kier molecular flexibility index (Phi) is 12.9. The second-order valence-corrected chi connectivity index (χ2v) is 2.60. The first-order valence-electron chi connectivity index (χ1n) is 4.34. The predicted octanol–water partition coefficient (Wildman–Crippen LogP) is -0.101. The number of aldehydes is 1. The third-order valence-corrected chi connectivity index (χ3v) is 1.38. The second-order valence-electron chi connectivity index (χ2n) is 2.60. The van der Waals surface area contributed by atoms with Crippen molar-refractivity contribution in [2.24, 2.45) is 11.5 Å². The molecule has 0 aromatic heterocycles. The van der Waals surface area contributed by atoms with E-state index in [0.717, 1.165) is 12.8 Å². The smallest absolute Gasteiger partial charge is 0.320 e. The Morgan fingerprint density at radius 1 is 1.50 bits per heavy atom. The summed E-state index contributed by atoms with van der Waals surface area (Å²) in [6.07, 6.45) is 4.00. The van der Waals surface area contributed by atoms with Crippen molar-refractivity contribution in [1.82, 2.24) is 0 Å². The molecule has 5 nitrogen and oxygen atoms in total. The summed E-state index contributed by atoms with van der Waals surface area (Å²) in [5.74, 6) is -0.933. The average molecular weight is 202 g/mol. The van der Waals surface area contributed by atoms with Crippen molar-refractivity contribution in [3.63, 3.8) is 0 Å². The zero-order valence-electron chi connectivity index (χ0n) is 8.19. The van der Waals surface area contributed by atoms with Crippen LogP contribution in [0.4, 0.5) is 0 Å². The lowest BCUT2D eigenvalue weighted by molar-refractivity contribution is -0.138. The van der Waals surface area contributed by atoms with Gasteiger partial charge < -0.3 is 16.6 Å². The maximum Gasteiger partial charge on any atom is 0.320 e. The molecule has 14 heavy (non-hydrogen) atoms. The minimum absolute atomic E-state index is 0.520. The number of rotatable bonds is 6. The van der Waals surface area contributed by atoms with E-state index in [4.69, 9.17) is 21.4 Å². The quantitative estimate of drug-likeness (QED) is 0.317. The summed E-state index contributed by atoms with van der Waals surface area (Å²) in [5, 5.41) is 8.33. The van der Waals surface area contributed by atoms with Gasteiger partial charge in [0.2, 0.25) is 0 Å². The fourth-order valence-corrected chi connectivity index (χ4v) is 0.632. The zero-order valence-corrected chi connectivity index (χ0v) is 8.19. The average Bonchev–Trinajstić information content (AvgIpc) is 2.18. The SMILES string of the molecule is C=CC=O.NCCCCC(N)C(=O)O. The van der Waals surface area contributed by atoms with Crippen LogP contribution in [0.15, 0.2) is 12.7 Å². The first-order chi connectivity index (χ1) is 6.59. The van der Waals surface area contributed by atoms with E-state index >= 15 is 0 Å². The van der Waals surface area contributed by atoms with Crippen molar-refractivity contribution >= 4 is 12.3 Å². The van der Waals surface area contributed by atoms with Gasteiger partial charge in [0.25, 0.3) is 0 Å². The van der Waals surface area contributed by atoms with E-state index in [-0.39, 0.29) is 0 Å². The Labute approximate surface area is 83.8 Å². The van der Waals surface area contributed by atoms with Gasteiger partial charge in [0.15, 0.2) is 0 Å². The Morgan fingerprint density at radius 2 is 2.00 bits per heavy atom. The minimum Gasteiger partial charge on any atom is -0.480 e. The van der Waals surface area contributed by atoms with Gasteiger partial charge in [-0.05, 0) is 25.5 Å². The fraction of sp³-hybridized carbons (Fsp3) is 0.556. The maximum atomic E-state index is 10.1. The normalized spacial score (nSPS) is 10.7. The lowest BCUT2D eigenvalue weighted by Gasteiger charge is -2.03. The Morgan fingerprint density at radius 3 is 2.29 bits per heavy atom. The number of hydrogen-bond acceptors (Lipinski definition) is 4. The first kappa shape index (κ1) is 15.3. The van der Waals surface area contributed by atoms with Crippen LogP contribution in [-0.4, -0.2) is 29.9 Å². The van der Waals surface area contributed by atoms with E-state index in [0.29, 0.717) is 19.3 Å². The van der Waals surface area contributed by atoms with Gasteiger partial charge in [-0.1, -0.05) is 13.0 Å². The molecule has 82 valence electrons. The summed E-state index contributed by atoms with van der Waals surface area (Å²) in [7, 11) is 0. The number of unbranched alkanes of at least 4 members (excludes halogenated alkanes) is 1. The summed E-state index contributed by atoms with van der Waals surface area (Å²) in [4.78, 5) is 19.2. The van der Waals surface area contributed by atoms with Gasteiger partial charge in [0.1, 0.15) is 12.3 Å². The second kappa shape index (κ2) is 11.8. The molecule has 0 aliphatic heterocycles. The summed E-state index contributed by atoms with van der Waals surface area (Å²) in [6, 6.07) is -0.716. The maximum absolute atomic E-state index is 10.1. The third kappa shape index (κ3) is 13.4. The molecule has 0 aliphatic carbocycles. The first-order valence-corrected chi connectivity index (χ1v) is 4.34. The van der Waals surface area contributed by atoms with Gasteiger partial charge in [0.05, 0.1) is 0 Å². The van der Waals surface area contributed by atoms with Crippen LogP contribution in [0, 0.1) is 0 Å². The molecule has 0 aromatic rings. The molecular weight excluding hydrogens is 184 g/mol. The van der Waals surface area contributed by atoms with Gasteiger partial charge in [-0.2, -0.15) is 0 Å². The van der Waals surface area contributed by atoms with Gasteiger partial charge >= 0.3 is 5.97 Å². The molecule has 0 aliphatic rings. The van der Waals surface area contributed by atoms with Crippen molar-refractivity contribution in [1.29, 1.82) is 0 Å². The Bertz CT molecular complexity index is 165. The number of hydrogen-bond donors (Lipinski definition) is 3. The molecule has 1 atom stereocenters. The fourth-order valence-electron chi connectivity index (χ4n) is 0.632. The molecule has 0 spiro atoms. The number of carboxylic acid groups (broad SMARTS) is 1. The largest absolute Gasteiger partial charge is 0.480 e. The topological polar surface area (TPSA) is 106 Å². The van der Waals surface area contributed by atoms with Crippen LogP contribution in [0.5, 0.6) is 0 Å². The summed E-state index contributed by atoms with van der Waals surface area (Å²) < 4.78 is 0. The number of nitrogens with two attached hydrogens (primary N) is 2. The van der Waals surface area contributed by atoms with Gasteiger partial charge in [-0.25, -0.2) is 0 Å². The zero-order chi connectivity index (χ0) is 11.4. The van der Waals surface area contributed by atoms with E-state index in [2.05, 4.69) is 6.58 Å². The van der Waals surface area contributed by atoms with Crippen molar-refractivity contribution in [3.8, 4) is 0 Å². The van der Waals surface area contributed by atoms with Crippen molar-refractivity contribution in [3.05, 3.63) is 12.7 Å². The van der Waals surface area contributed by atoms with Crippen LogP contribution in [0.1, 0.15) is 19.3 Å². The van der Waals surface area contributed by atoms with Gasteiger partial charge in [0, 0.05) is 0 Å². The molecule has 0 saturated carbocycles. The molecule has 0 radical (unpaired) electrons. The van der Waals surface area contributed by atoms with Crippen molar-refractivity contribution in [2.45, 2.75) is 25.3 Å². The molecule has 0 rings (SSSR count). The standard InChI is InChI=1S/C6H14N2O2.C3H4O/c7-4-2-1-3-5(8)6(9)10;1-2-3-4/h5H,1-4,7-8H2,(H,9,10);2-3H,1H2. The summed E-state index contributed by atoms with van der Waals surface area (Å²) >= 11 is 0. The Hall–Kier alpha value is -1.20. The predicted molar refractivity (Wildman–Crippen MR) is 54.8 cm³/mol. The third-order valence-electron chi connectivity index (χ3n) is 1.38. The Balaban J connectivity index is 0. The summed E-state index contributed by atoms with van der Waals surface area (Å²) in [6.45, 7) is 3.71. The van der Waals surface area contributed by atoms with Crippen LogP contribution in [0.3, 0.4) is 0 Å². The lowest BCUT2D eigenvalue weighted by Crippen LogP contribution is -2.29. The lowest BCUT2D eigenvalue weighted by atomic mass is 10.1. The highest BCUT2D eigenvalue weighted by Gasteiger charge is 2.09. The molecule has 5 heteroatoms. The molecule has 0 bridgehead atoms. The van der Waals surface area contributed by atoms with Gasteiger partial charge in [-0.15, -0.1) is 0 Å². The van der Waals surface area contributed by atoms with Crippen molar-refractivity contribution < 1.29 is 14.7 Å². The highest BCUT2D eigenvalue weighted by molar-refractivity contribution is 5.72. The molecular formula is C9H18N2O3. The number of carboxylic acids is 1. The molecule has 0 amide bonds. The molecule has 1 unspecified atom stereocenters. The van der Waals surface area contributed by atoms with E-state index in [1.165, 1.54) is 6.08 Å². The van der Waals surface area contributed by atoms with E-state index < -0.39 is 12.0 Å². The summed E-state index contributed by atoms with van der Waals surface area (Å²) in [5.41, 5.74) is 10.4. The van der Waals surface area contributed by atoms with Crippen LogP contribution in [-0.2, 0) is 9.59 Å². The van der Waals surface area contributed by atoms with E-state index in [1.807, 2.05) is 0 Å². The minimum atomic E-state index is -0.933. The highest BCUT2D eigenvalue weighted by atomic mass is 16.4. The van der Waals surface area contributed by atoms with Crippen LogP contribution >= 0.6 is 0 Å². The monoisotopic (exact) mass is 202 g/mol. The highest BCUT2D eigenvalue weighted by Crippen LogP contribution is 1.96. The number of allylic oxidation sites excluding steroid dienone is 1. The molecule has 0 fully saturated rings. The molecule has 0 aromatic carbocycles. The molecule has 0 heterocycles. The van der Waals surface area contributed by atoms with Crippen LogP contribution in [0.25, 0.3) is 0 Å². The van der Waals surface area contributed by atoms with Crippen LogP contribution < -0.4 is 11.5 Å². The van der Waals surface area contributed by atoms with Crippen molar-refractivity contribution in [2.75, 3.05) is 6.54 Å². The van der Waals surface area contributed by atoms with E-state index in [9.17, 15) is 4.79 Å². The van der Waals surface area contributed by atoms with E-state index in [1.54, 1.807) is 0 Å². The molecule has 5 N–H and O–H groups in total. The molecule has 0 saturated heterocycles. The van der Waals surface area contributed by atoms with Gasteiger partial charge in [-0.3, -0.25) is 9.59 Å². The number of carbonyl (C=O) groups is 2. The number of aliphatic carboxylic acids is 1. The number of carbonyl (C=O) groups excluding carboxylic acids is 1. The van der Waals surface area contributed by atoms with Crippen LogP contribution in [0.2, 0.25) is 0 Å².